The van der Waals surface area contributed by atoms with E-state index >= 15 is 0 Å². The van der Waals surface area contributed by atoms with Crippen LogP contribution in [0.15, 0.2) is 16.6 Å². The first kappa shape index (κ1) is 14.3. The van der Waals surface area contributed by atoms with E-state index in [9.17, 15) is 0 Å². The van der Waals surface area contributed by atoms with Crippen molar-refractivity contribution in [2.75, 3.05) is 34.9 Å². The lowest BCUT2D eigenvalue weighted by Crippen LogP contribution is -2.13. The van der Waals surface area contributed by atoms with E-state index in [0.29, 0.717) is 0 Å². The third-order valence-electron chi connectivity index (χ3n) is 2.58. The SMILES string of the molecule is COc1cc(CCCN(C)C)cc(OC)c1Br. The van der Waals surface area contributed by atoms with Gasteiger partial charge in [0.1, 0.15) is 16.0 Å². The number of rotatable bonds is 6. The van der Waals surface area contributed by atoms with E-state index in [0.717, 1.165) is 35.4 Å². The first-order chi connectivity index (χ1) is 8.08. The highest BCUT2D eigenvalue weighted by Crippen LogP contribution is 2.35. The van der Waals surface area contributed by atoms with Crippen molar-refractivity contribution in [3.63, 3.8) is 0 Å². The van der Waals surface area contributed by atoms with Gasteiger partial charge in [0, 0.05) is 0 Å². The molecule has 96 valence electrons. The molecule has 4 heteroatoms. The van der Waals surface area contributed by atoms with Gasteiger partial charge >= 0.3 is 0 Å². The van der Waals surface area contributed by atoms with E-state index in [2.05, 4.69) is 47.1 Å². The van der Waals surface area contributed by atoms with Crippen molar-refractivity contribution in [2.24, 2.45) is 0 Å². The zero-order valence-electron chi connectivity index (χ0n) is 10.9. The molecule has 0 atom stereocenters. The molecular formula is C13H20BrNO2. The normalized spacial score (nSPS) is 10.7. The molecule has 0 aliphatic carbocycles. The highest BCUT2D eigenvalue weighted by molar-refractivity contribution is 9.10. The van der Waals surface area contributed by atoms with Crippen LogP contribution in [0, 0.1) is 0 Å². The summed E-state index contributed by atoms with van der Waals surface area (Å²) < 4.78 is 11.5. The molecule has 0 spiro atoms. The average molecular weight is 302 g/mol. The van der Waals surface area contributed by atoms with Gasteiger partial charge in [-0.3, -0.25) is 0 Å². The Morgan fingerprint density at radius 1 is 1.12 bits per heavy atom. The van der Waals surface area contributed by atoms with Crippen molar-refractivity contribution in [1.82, 2.24) is 4.90 Å². The van der Waals surface area contributed by atoms with Gasteiger partial charge in [-0.25, -0.2) is 0 Å². The zero-order valence-corrected chi connectivity index (χ0v) is 12.5. The Kier molecular flexibility index (Phi) is 5.78. The van der Waals surface area contributed by atoms with Crippen molar-refractivity contribution in [3.05, 3.63) is 22.2 Å². The summed E-state index contributed by atoms with van der Waals surface area (Å²) >= 11 is 3.47. The highest BCUT2D eigenvalue weighted by Gasteiger charge is 2.09. The summed E-state index contributed by atoms with van der Waals surface area (Å²) in [5.41, 5.74) is 1.24. The predicted molar refractivity (Wildman–Crippen MR) is 74.1 cm³/mol. The molecule has 0 aliphatic rings. The maximum absolute atomic E-state index is 5.32. The molecule has 0 fully saturated rings. The van der Waals surface area contributed by atoms with Crippen molar-refractivity contribution in [3.8, 4) is 11.5 Å². The second-order valence-electron chi connectivity index (χ2n) is 4.22. The third-order valence-corrected chi connectivity index (χ3v) is 3.36. The van der Waals surface area contributed by atoms with Gasteiger partial charge in [-0.2, -0.15) is 0 Å². The monoisotopic (exact) mass is 301 g/mol. The van der Waals surface area contributed by atoms with Gasteiger partial charge in [0.25, 0.3) is 0 Å². The van der Waals surface area contributed by atoms with Gasteiger partial charge in [-0.05, 0) is 67.1 Å². The minimum absolute atomic E-state index is 0.823. The number of halogens is 1. The zero-order chi connectivity index (χ0) is 12.8. The van der Waals surface area contributed by atoms with E-state index in [1.54, 1.807) is 14.2 Å². The van der Waals surface area contributed by atoms with Crippen LogP contribution in [0.3, 0.4) is 0 Å². The molecular weight excluding hydrogens is 282 g/mol. The summed E-state index contributed by atoms with van der Waals surface area (Å²) in [4.78, 5) is 2.19. The fourth-order valence-corrected chi connectivity index (χ4v) is 2.22. The summed E-state index contributed by atoms with van der Waals surface area (Å²) in [6, 6.07) is 4.12. The molecule has 0 N–H and O–H groups in total. The van der Waals surface area contributed by atoms with Crippen LogP contribution in [0.4, 0.5) is 0 Å². The van der Waals surface area contributed by atoms with Crippen LogP contribution >= 0.6 is 15.9 Å². The van der Waals surface area contributed by atoms with Gasteiger partial charge in [0.2, 0.25) is 0 Å². The molecule has 17 heavy (non-hydrogen) atoms. The first-order valence-corrected chi connectivity index (χ1v) is 6.43. The van der Waals surface area contributed by atoms with E-state index < -0.39 is 0 Å². The van der Waals surface area contributed by atoms with E-state index in [4.69, 9.17) is 9.47 Å². The second kappa shape index (κ2) is 6.87. The van der Waals surface area contributed by atoms with Gasteiger partial charge in [0.05, 0.1) is 14.2 Å². The van der Waals surface area contributed by atoms with E-state index in [1.165, 1.54) is 5.56 Å². The smallest absolute Gasteiger partial charge is 0.137 e. The Balaban J connectivity index is 2.78. The Bertz CT molecular complexity index is 341. The quantitative estimate of drug-likeness (QED) is 0.806. The van der Waals surface area contributed by atoms with Crippen LogP contribution in [0.5, 0.6) is 11.5 Å². The number of aryl methyl sites for hydroxylation is 1. The van der Waals surface area contributed by atoms with Gasteiger partial charge in [0.15, 0.2) is 0 Å². The number of nitrogens with zero attached hydrogens (tertiary/aromatic N) is 1. The molecule has 0 radical (unpaired) electrons. The van der Waals surface area contributed by atoms with Crippen LogP contribution in [-0.4, -0.2) is 39.8 Å². The maximum atomic E-state index is 5.32. The summed E-state index contributed by atoms with van der Waals surface area (Å²) in [6.07, 6.45) is 2.15. The molecule has 0 bridgehead atoms. The van der Waals surface area contributed by atoms with E-state index in [1.807, 2.05) is 0 Å². The van der Waals surface area contributed by atoms with Crippen molar-refractivity contribution < 1.29 is 9.47 Å². The first-order valence-electron chi connectivity index (χ1n) is 5.63. The van der Waals surface area contributed by atoms with Crippen molar-refractivity contribution in [2.45, 2.75) is 12.8 Å². The molecule has 1 aromatic rings. The van der Waals surface area contributed by atoms with Gasteiger partial charge in [-0.1, -0.05) is 0 Å². The lowest BCUT2D eigenvalue weighted by Gasteiger charge is -2.13. The Morgan fingerprint density at radius 3 is 2.06 bits per heavy atom. The Hall–Kier alpha value is -0.740. The summed E-state index contributed by atoms with van der Waals surface area (Å²) in [6.45, 7) is 1.08. The fraction of sp³-hybridized carbons (Fsp3) is 0.538. The van der Waals surface area contributed by atoms with Crippen LogP contribution in [-0.2, 0) is 6.42 Å². The summed E-state index contributed by atoms with van der Waals surface area (Å²) in [7, 11) is 7.51. The standard InChI is InChI=1S/C13H20BrNO2/c1-15(2)7-5-6-10-8-11(16-3)13(14)12(9-10)17-4/h8-9H,5-7H2,1-4H3. The molecule has 0 heterocycles. The fourth-order valence-electron chi connectivity index (χ4n) is 1.67. The number of ether oxygens (including phenoxy) is 2. The minimum atomic E-state index is 0.823. The molecule has 0 aromatic heterocycles. The number of benzene rings is 1. The molecule has 0 saturated heterocycles. The third kappa shape index (κ3) is 4.21. The van der Waals surface area contributed by atoms with Gasteiger partial charge < -0.3 is 14.4 Å². The molecule has 0 amide bonds. The molecule has 0 unspecified atom stereocenters. The molecule has 0 aliphatic heterocycles. The van der Waals surface area contributed by atoms with Crippen LogP contribution in [0.1, 0.15) is 12.0 Å². The number of hydrogen-bond donors (Lipinski definition) is 0. The molecule has 3 nitrogen and oxygen atoms in total. The molecule has 1 aromatic carbocycles. The van der Waals surface area contributed by atoms with Crippen molar-refractivity contribution in [1.29, 1.82) is 0 Å². The number of methoxy groups -OCH3 is 2. The Morgan fingerprint density at radius 2 is 1.65 bits per heavy atom. The van der Waals surface area contributed by atoms with Gasteiger partial charge in [-0.15, -0.1) is 0 Å². The van der Waals surface area contributed by atoms with Crippen LogP contribution in [0.25, 0.3) is 0 Å². The highest BCUT2D eigenvalue weighted by atomic mass is 79.9. The molecule has 1 rings (SSSR count). The van der Waals surface area contributed by atoms with Crippen LogP contribution < -0.4 is 9.47 Å². The molecule has 0 saturated carbocycles. The maximum Gasteiger partial charge on any atom is 0.137 e. The second-order valence-corrected chi connectivity index (χ2v) is 5.01. The van der Waals surface area contributed by atoms with Crippen LogP contribution in [0.2, 0.25) is 0 Å². The van der Waals surface area contributed by atoms with Crippen molar-refractivity contribution >= 4 is 15.9 Å². The number of hydrogen-bond acceptors (Lipinski definition) is 3. The minimum Gasteiger partial charge on any atom is -0.495 e. The lowest BCUT2D eigenvalue weighted by atomic mass is 10.1. The summed E-state index contributed by atoms with van der Waals surface area (Å²) in [5.74, 6) is 1.65. The Labute approximate surface area is 112 Å². The van der Waals surface area contributed by atoms with E-state index in [-0.39, 0.29) is 0 Å². The summed E-state index contributed by atoms with van der Waals surface area (Å²) in [5, 5.41) is 0. The largest absolute Gasteiger partial charge is 0.495 e. The predicted octanol–water partition coefficient (Wildman–Crippen LogP) is 2.96. The topological polar surface area (TPSA) is 21.7 Å². The lowest BCUT2D eigenvalue weighted by molar-refractivity contribution is 0.386. The average Bonchev–Trinajstić information content (AvgIpc) is 2.30.